The number of ether oxygens (including phenoxy) is 2. The Balaban J connectivity index is 1.63. The second-order valence-electron chi connectivity index (χ2n) is 5.52. The van der Waals surface area contributed by atoms with Crippen molar-refractivity contribution in [1.29, 1.82) is 0 Å². The van der Waals surface area contributed by atoms with Gasteiger partial charge in [0.05, 0.1) is 11.8 Å². The second-order valence-corrected chi connectivity index (χ2v) is 7.45. The number of rotatable bonds is 5. The van der Waals surface area contributed by atoms with Crippen LogP contribution in [-0.2, 0) is 20.8 Å². The van der Waals surface area contributed by atoms with Crippen LogP contribution in [0.3, 0.4) is 0 Å². The highest BCUT2D eigenvalue weighted by Gasteiger charge is 2.31. The van der Waals surface area contributed by atoms with E-state index < -0.39 is 38.3 Å². The van der Waals surface area contributed by atoms with Crippen molar-refractivity contribution in [2.45, 2.75) is 11.2 Å². The number of hydrazone groups is 1. The molecule has 1 aromatic carbocycles. The Morgan fingerprint density at radius 1 is 1.25 bits per heavy atom. The minimum Gasteiger partial charge on any atom is -0.454 e. The number of aromatic nitrogens is 1. The van der Waals surface area contributed by atoms with E-state index in [-0.39, 0.29) is 6.79 Å². The van der Waals surface area contributed by atoms with Gasteiger partial charge in [-0.1, -0.05) is 6.07 Å². The predicted octanol–water partition coefficient (Wildman–Crippen LogP) is 1.75. The summed E-state index contributed by atoms with van der Waals surface area (Å²) in [6.45, 7) is 0.0465. The molecule has 0 bridgehead atoms. The molecule has 2 aromatic rings. The normalized spacial score (nSPS) is 13.7. The predicted molar refractivity (Wildman–Crippen MR) is 89.6 cm³/mol. The first kappa shape index (κ1) is 19.6. The fourth-order valence-electron chi connectivity index (χ4n) is 2.24. The third-order valence-corrected chi connectivity index (χ3v) is 5.04. The van der Waals surface area contributed by atoms with Crippen LogP contribution >= 0.6 is 0 Å². The SMILES string of the molecule is O=C(CS(=O)(=O)c1ccc(C(F)(F)F)cn1)N/N=C/c1cccc2c1OCO2. The van der Waals surface area contributed by atoms with E-state index in [1.54, 1.807) is 18.2 Å². The maximum absolute atomic E-state index is 12.5. The summed E-state index contributed by atoms with van der Waals surface area (Å²) >= 11 is 0. The van der Waals surface area contributed by atoms with Crippen LogP contribution in [0.15, 0.2) is 46.7 Å². The monoisotopic (exact) mass is 415 g/mol. The van der Waals surface area contributed by atoms with E-state index in [9.17, 15) is 26.4 Å². The number of alkyl halides is 3. The lowest BCUT2D eigenvalue weighted by atomic mass is 10.2. The van der Waals surface area contributed by atoms with Crippen LogP contribution in [0, 0.1) is 0 Å². The summed E-state index contributed by atoms with van der Waals surface area (Å²) in [4.78, 5) is 15.1. The van der Waals surface area contributed by atoms with Crippen LogP contribution in [0.5, 0.6) is 11.5 Å². The minimum atomic E-state index is -4.65. The summed E-state index contributed by atoms with van der Waals surface area (Å²) in [5.74, 6) is -1.08. The lowest BCUT2D eigenvalue weighted by Gasteiger charge is -2.07. The van der Waals surface area contributed by atoms with Crippen LogP contribution < -0.4 is 14.9 Å². The van der Waals surface area contributed by atoms with Gasteiger partial charge in [-0.2, -0.15) is 18.3 Å². The number of hydrogen-bond donors (Lipinski definition) is 1. The van der Waals surface area contributed by atoms with Crippen molar-refractivity contribution in [3.63, 3.8) is 0 Å². The third-order valence-electron chi connectivity index (χ3n) is 3.52. The first-order chi connectivity index (χ1) is 13.2. The molecule has 0 atom stereocenters. The molecule has 1 N–H and O–H groups in total. The number of carbonyl (C=O) groups is 1. The fourth-order valence-corrected chi connectivity index (χ4v) is 3.29. The largest absolute Gasteiger partial charge is 0.454 e. The lowest BCUT2D eigenvalue weighted by Crippen LogP contribution is -2.27. The molecule has 148 valence electrons. The van der Waals surface area contributed by atoms with Gasteiger partial charge in [0.25, 0.3) is 5.91 Å². The summed E-state index contributed by atoms with van der Waals surface area (Å²) in [5.41, 5.74) is 1.44. The average Bonchev–Trinajstić information content (AvgIpc) is 3.10. The molecule has 0 spiro atoms. The highest BCUT2D eigenvalue weighted by molar-refractivity contribution is 7.92. The van der Waals surface area contributed by atoms with Gasteiger partial charge in [0.2, 0.25) is 16.6 Å². The maximum atomic E-state index is 12.5. The van der Waals surface area contributed by atoms with Crippen LogP contribution in [0.2, 0.25) is 0 Å². The number of nitrogens with zero attached hydrogens (tertiary/aromatic N) is 2. The molecular weight excluding hydrogens is 403 g/mol. The highest BCUT2D eigenvalue weighted by atomic mass is 32.2. The molecule has 0 radical (unpaired) electrons. The lowest BCUT2D eigenvalue weighted by molar-refractivity contribution is -0.137. The number of carbonyl (C=O) groups excluding carboxylic acids is 1. The Kier molecular flexibility index (Phi) is 5.23. The fraction of sp³-hybridized carbons (Fsp3) is 0.188. The first-order valence-electron chi connectivity index (χ1n) is 7.63. The molecule has 3 rings (SSSR count). The van der Waals surface area contributed by atoms with Gasteiger partial charge in [-0.25, -0.2) is 18.8 Å². The van der Waals surface area contributed by atoms with Gasteiger partial charge in [0, 0.05) is 11.8 Å². The standard InChI is InChI=1S/C16H12F3N3O5S/c17-16(18,19)11-4-5-14(20-7-11)28(24,25)8-13(23)22-21-6-10-2-1-3-12-15(10)27-9-26-12/h1-7H,8-9H2,(H,22,23)/b21-6+. The zero-order valence-corrected chi connectivity index (χ0v) is 14.7. The molecule has 0 unspecified atom stereocenters. The molecule has 1 aliphatic heterocycles. The number of para-hydroxylation sites is 1. The van der Waals surface area contributed by atoms with Crippen molar-refractivity contribution in [2.75, 3.05) is 12.5 Å². The van der Waals surface area contributed by atoms with Gasteiger partial charge < -0.3 is 9.47 Å². The topological polar surface area (TPSA) is 107 Å². The highest BCUT2D eigenvalue weighted by Crippen LogP contribution is 2.34. The van der Waals surface area contributed by atoms with Gasteiger partial charge in [-0.15, -0.1) is 0 Å². The number of sulfone groups is 1. The Morgan fingerprint density at radius 3 is 2.71 bits per heavy atom. The smallest absolute Gasteiger partial charge is 0.417 e. The molecule has 0 aliphatic carbocycles. The number of benzene rings is 1. The summed E-state index contributed by atoms with van der Waals surface area (Å²) in [6, 6.07) is 6.28. The molecule has 1 aliphatic rings. The van der Waals surface area contributed by atoms with Crippen molar-refractivity contribution in [2.24, 2.45) is 5.10 Å². The van der Waals surface area contributed by atoms with Gasteiger partial charge in [-0.3, -0.25) is 4.79 Å². The maximum Gasteiger partial charge on any atom is 0.417 e. The molecule has 1 amide bonds. The van der Waals surface area contributed by atoms with Crippen molar-refractivity contribution in [3.05, 3.63) is 47.7 Å². The summed E-state index contributed by atoms with van der Waals surface area (Å²) < 4.78 is 72.1. The Morgan fingerprint density at radius 2 is 2.04 bits per heavy atom. The first-order valence-corrected chi connectivity index (χ1v) is 9.28. The number of halogens is 3. The molecule has 1 aromatic heterocycles. The molecule has 8 nitrogen and oxygen atoms in total. The summed E-state index contributed by atoms with van der Waals surface area (Å²) in [7, 11) is -4.24. The average molecular weight is 415 g/mol. The van der Waals surface area contributed by atoms with E-state index in [2.05, 4.69) is 10.1 Å². The number of nitrogens with one attached hydrogen (secondary N) is 1. The van der Waals surface area contributed by atoms with Gasteiger partial charge in [-0.05, 0) is 24.3 Å². The van der Waals surface area contributed by atoms with E-state index in [0.717, 1.165) is 0 Å². The number of amides is 1. The molecule has 28 heavy (non-hydrogen) atoms. The number of fused-ring (bicyclic) bond motifs is 1. The van der Waals surface area contributed by atoms with E-state index in [1.807, 2.05) is 5.43 Å². The summed E-state index contributed by atoms with van der Waals surface area (Å²) in [5, 5.41) is 3.00. The molecule has 0 saturated heterocycles. The quantitative estimate of drug-likeness (QED) is 0.589. The van der Waals surface area contributed by atoms with E-state index in [1.165, 1.54) is 6.21 Å². The van der Waals surface area contributed by atoms with Gasteiger partial charge in [0.1, 0.15) is 5.75 Å². The van der Waals surface area contributed by atoms with Crippen molar-refractivity contribution in [1.82, 2.24) is 10.4 Å². The van der Waals surface area contributed by atoms with Crippen LogP contribution in [0.1, 0.15) is 11.1 Å². The number of pyridine rings is 1. The Labute approximate surface area is 156 Å². The Hall–Kier alpha value is -3.15. The zero-order valence-electron chi connectivity index (χ0n) is 13.9. The molecular formula is C16H12F3N3O5S. The van der Waals surface area contributed by atoms with Crippen molar-refractivity contribution < 1.29 is 35.9 Å². The summed E-state index contributed by atoms with van der Waals surface area (Å²) in [6.07, 6.45) is -3.01. The second kappa shape index (κ2) is 7.46. The Bertz CT molecular complexity index is 1020. The zero-order chi connectivity index (χ0) is 20.4. The van der Waals surface area contributed by atoms with Crippen LogP contribution in [0.25, 0.3) is 0 Å². The van der Waals surface area contributed by atoms with Crippen LogP contribution in [0.4, 0.5) is 13.2 Å². The molecule has 0 saturated carbocycles. The van der Waals surface area contributed by atoms with Crippen molar-refractivity contribution in [3.8, 4) is 11.5 Å². The minimum absolute atomic E-state index is 0.0465. The van der Waals surface area contributed by atoms with E-state index in [4.69, 9.17) is 9.47 Å². The molecule has 12 heteroatoms. The van der Waals surface area contributed by atoms with Crippen molar-refractivity contribution >= 4 is 22.0 Å². The molecule has 2 heterocycles. The van der Waals surface area contributed by atoms with E-state index in [0.29, 0.717) is 35.4 Å². The van der Waals surface area contributed by atoms with Gasteiger partial charge >= 0.3 is 6.18 Å². The third kappa shape index (κ3) is 4.39. The van der Waals surface area contributed by atoms with Crippen LogP contribution in [-0.4, -0.2) is 38.1 Å². The van der Waals surface area contributed by atoms with E-state index >= 15 is 0 Å². The number of hydrogen-bond acceptors (Lipinski definition) is 7. The van der Waals surface area contributed by atoms with Gasteiger partial charge in [0.15, 0.2) is 16.5 Å². The molecule has 0 fully saturated rings.